The molecule has 0 spiro atoms. The summed E-state index contributed by atoms with van der Waals surface area (Å²) in [6, 6.07) is 5.52. The number of pyridine rings is 1. The van der Waals surface area contributed by atoms with Gasteiger partial charge in [-0.25, -0.2) is 10.4 Å². The van der Waals surface area contributed by atoms with Crippen LogP contribution in [0.1, 0.15) is 6.92 Å². The molecule has 2 heterocycles. The number of nitrogens with one attached hydrogen (secondary N) is 1. The van der Waals surface area contributed by atoms with E-state index in [0.29, 0.717) is 5.82 Å². The molecule has 0 aliphatic carbocycles. The van der Waals surface area contributed by atoms with Gasteiger partial charge in [-0.05, 0) is 52.7 Å². The molecule has 0 saturated carbocycles. The Morgan fingerprint density at radius 2 is 2.38 bits per heavy atom. The summed E-state index contributed by atoms with van der Waals surface area (Å²) >= 11 is 8.78. The van der Waals surface area contributed by atoms with Crippen LogP contribution < -0.4 is 10.4 Å². The summed E-state index contributed by atoms with van der Waals surface area (Å²) in [4.78, 5) is 15.5. The quantitative estimate of drug-likeness (QED) is 0.672. The highest BCUT2D eigenvalue weighted by atomic mass is 79.9. The molecule has 2 rings (SSSR count). The van der Waals surface area contributed by atoms with Crippen LogP contribution in [0.2, 0.25) is 0 Å². The van der Waals surface area contributed by atoms with E-state index in [4.69, 9.17) is 11.6 Å². The van der Waals surface area contributed by atoms with Crippen LogP contribution in [-0.4, -0.2) is 15.8 Å². The van der Waals surface area contributed by atoms with Crippen molar-refractivity contribution in [1.29, 1.82) is 0 Å². The van der Waals surface area contributed by atoms with Crippen LogP contribution in [0.4, 0.5) is 5.82 Å². The van der Waals surface area contributed by atoms with Crippen molar-refractivity contribution in [2.45, 2.75) is 12.5 Å². The molecule has 6 heteroatoms. The Kier molecular flexibility index (Phi) is 3.01. The summed E-state index contributed by atoms with van der Waals surface area (Å²) in [5, 5.41) is 1.20. The molecular formula is C10H9BrClN3O. The Bertz CT molecular complexity index is 465. The van der Waals surface area contributed by atoms with Gasteiger partial charge in [-0.2, -0.15) is 0 Å². The number of hydrogen-bond donors (Lipinski definition) is 1. The number of carbonyl (C=O) groups excluding carboxylic acids is 1. The summed E-state index contributed by atoms with van der Waals surface area (Å²) in [6.45, 7) is 1.71. The second kappa shape index (κ2) is 4.16. The number of rotatable bonds is 2. The third-order valence-electron chi connectivity index (χ3n) is 2.27. The predicted molar refractivity (Wildman–Crippen MR) is 66.0 cm³/mol. The lowest BCUT2D eigenvalue weighted by Gasteiger charge is -2.23. The summed E-state index contributed by atoms with van der Waals surface area (Å²) in [6.07, 6.45) is 3.43. The molecule has 84 valence electrons. The average molecular weight is 303 g/mol. The van der Waals surface area contributed by atoms with Crippen LogP contribution in [0.25, 0.3) is 0 Å². The Labute approximate surface area is 106 Å². The third-order valence-corrected chi connectivity index (χ3v) is 3.10. The first-order valence-corrected chi connectivity index (χ1v) is 5.77. The molecule has 16 heavy (non-hydrogen) atoms. The largest absolute Gasteiger partial charge is 0.279 e. The fourth-order valence-electron chi connectivity index (χ4n) is 1.32. The Morgan fingerprint density at radius 1 is 1.62 bits per heavy atom. The topological polar surface area (TPSA) is 45.2 Å². The molecule has 0 fully saturated rings. The zero-order chi connectivity index (χ0) is 11.8. The van der Waals surface area contributed by atoms with Gasteiger partial charge in [-0.15, -0.1) is 0 Å². The lowest BCUT2D eigenvalue weighted by atomic mass is 10.1. The maximum absolute atomic E-state index is 11.2. The fourth-order valence-corrected chi connectivity index (χ4v) is 1.76. The second-order valence-electron chi connectivity index (χ2n) is 3.59. The molecule has 1 aliphatic rings. The van der Waals surface area contributed by atoms with E-state index >= 15 is 0 Å². The number of carbonyl (C=O) groups is 1. The van der Waals surface area contributed by atoms with Crippen LogP contribution in [0.3, 0.4) is 0 Å². The summed E-state index contributed by atoms with van der Waals surface area (Å²) in [7, 11) is 0. The Balaban J connectivity index is 2.22. The van der Waals surface area contributed by atoms with Crippen molar-refractivity contribution in [3.05, 3.63) is 35.1 Å². The SMILES string of the molecule is CC1(C(=O)Cl)C=CN(c2cccc(Br)n2)N1. The molecule has 1 atom stereocenters. The number of hydrogen-bond acceptors (Lipinski definition) is 4. The van der Waals surface area contributed by atoms with Gasteiger partial charge >= 0.3 is 0 Å². The normalized spacial score (nSPS) is 23.8. The van der Waals surface area contributed by atoms with Crippen molar-refractivity contribution in [3.8, 4) is 0 Å². The second-order valence-corrected chi connectivity index (χ2v) is 4.75. The standard InChI is InChI=1S/C10H9BrClN3O/c1-10(9(12)16)5-6-15(14-10)8-4-2-3-7(11)13-8/h2-6,14H,1H3. The summed E-state index contributed by atoms with van der Waals surface area (Å²) in [5.41, 5.74) is 2.10. The fraction of sp³-hybridized carbons (Fsp3) is 0.200. The lowest BCUT2D eigenvalue weighted by Crippen LogP contribution is -2.48. The van der Waals surface area contributed by atoms with Gasteiger partial charge in [0.25, 0.3) is 0 Å². The van der Waals surface area contributed by atoms with Gasteiger partial charge in [-0.1, -0.05) is 6.07 Å². The highest BCUT2D eigenvalue weighted by Gasteiger charge is 2.35. The zero-order valence-electron chi connectivity index (χ0n) is 8.45. The van der Waals surface area contributed by atoms with Gasteiger partial charge < -0.3 is 0 Å². The van der Waals surface area contributed by atoms with Crippen molar-refractivity contribution in [3.63, 3.8) is 0 Å². The van der Waals surface area contributed by atoms with E-state index in [1.54, 1.807) is 24.2 Å². The lowest BCUT2D eigenvalue weighted by molar-refractivity contribution is -0.115. The average Bonchev–Trinajstić information content (AvgIpc) is 2.62. The molecule has 4 nitrogen and oxygen atoms in total. The molecule has 1 aromatic heterocycles. The third kappa shape index (κ3) is 2.11. The first-order valence-electron chi connectivity index (χ1n) is 4.60. The predicted octanol–water partition coefficient (Wildman–Crippen LogP) is 2.21. The highest BCUT2D eigenvalue weighted by Crippen LogP contribution is 2.22. The molecule has 1 N–H and O–H groups in total. The van der Waals surface area contributed by atoms with E-state index in [1.807, 2.05) is 18.2 Å². The molecule has 0 amide bonds. The minimum atomic E-state index is -0.869. The molecular weight excluding hydrogens is 293 g/mol. The smallest absolute Gasteiger partial charge is 0.247 e. The molecule has 0 radical (unpaired) electrons. The van der Waals surface area contributed by atoms with Crippen molar-refractivity contribution in [2.24, 2.45) is 0 Å². The van der Waals surface area contributed by atoms with Crippen LogP contribution in [-0.2, 0) is 4.79 Å². The number of aromatic nitrogens is 1. The number of nitrogens with zero attached hydrogens (tertiary/aromatic N) is 2. The minimum Gasteiger partial charge on any atom is -0.279 e. The number of halogens is 2. The van der Waals surface area contributed by atoms with Crippen molar-refractivity contribution < 1.29 is 4.79 Å². The number of anilines is 1. The van der Waals surface area contributed by atoms with Gasteiger partial charge in [0.05, 0.1) is 0 Å². The molecule has 1 aromatic rings. The van der Waals surface area contributed by atoms with E-state index in [1.165, 1.54) is 0 Å². The van der Waals surface area contributed by atoms with Crippen molar-refractivity contribution in [1.82, 2.24) is 10.4 Å². The molecule has 0 saturated heterocycles. The maximum Gasteiger partial charge on any atom is 0.247 e. The van der Waals surface area contributed by atoms with Crippen LogP contribution in [0.5, 0.6) is 0 Å². The number of hydrazine groups is 1. The zero-order valence-corrected chi connectivity index (χ0v) is 10.8. The molecule has 0 aromatic carbocycles. The maximum atomic E-state index is 11.2. The molecule has 1 aliphatic heterocycles. The molecule has 0 bridgehead atoms. The van der Waals surface area contributed by atoms with E-state index in [0.717, 1.165) is 4.60 Å². The van der Waals surface area contributed by atoms with E-state index in [2.05, 4.69) is 26.3 Å². The van der Waals surface area contributed by atoms with Gasteiger partial charge in [0.15, 0.2) is 0 Å². The molecule has 1 unspecified atom stereocenters. The van der Waals surface area contributed by atoms with Crippen molar-refractivity contribution in [2.75, 3.05) is 5.01 Å². The Hall–Kier alpha value is -0.910. The van der Waals surface area contributed by atoms with E-state index < -0.39 is 10.8 Å². The minimum absolute atomic E-state index is 0.457. The van der Waals surface area contributed by atoms with Crippen molar-refractivity contribution >= 4 is 38.6 Å². The summed E-state index contributed by atoms with van der Waals surface area (Å²) < 4.78 is 0.728. The van der Waals surface area contributed by atoms with Crippen LogP contribution in [0.15, 0.2) is 35.1 Å². The van der Waals surface area contributed by atoms with Gasteiger partial charge in [0, 0.05) is 6.20 Å². The van der Waals surface area contributed by atoms with Crippen LogP contribution >= 0.6 is 27.5 Å². The van der Waals surface area contributed by atoms with E-state index in [9.17, 15) is 4.79 Å². The van der Waals surface area contributed by atoms with Crippen LogP contribution in [0, 0.1) is 0 Å². The monoisotopic (exact) mass is 301 g/mol. The first-order chi connectivity index (χ1) is 7.51. The summed E-state index contributed by atoms with van der Waals surface area (Å²) in [5.74, 6) is 0.687. The Morgan fingerprint density at radius 3 is 2.94 bits per heavy atom. The van der Waals surface area contributed by atoms with E-state index in [-0.39, 0.29) is 0 Å². The first kappa shape index (κ1) is 11.6. The van der Waals surface area contributed by atoms with Gasteiger partial charge in [0.2, 0.25) is 5.24 Å². The highest BCUT2D eigenvalue weighted by molar-refractivity contribution is 9.10. The van der Waals surface area contributed by atoms with Gasteiger partial charge in [0.1, 0.15) is 16.0 Å². The van der Waals surface area contributed by atoms with Gasteiger partial charge in [-0.3, -0.25) is 9.80 Å².